The van der Waals surface area contributed by atoms with Gasteiger partial charge in [-0.05, 0) is 51.4 Å². The highest BCUT2D eigenvalue weighted by Gasteiger charge is 2.36. The Morgan fingerprint density at radius 3 is 3.10 bits per heavy atom. The van der Waals surface area contributed by atoms with Gasteiger partial charge in [0.05, 0.1) is 18.2 Å². The molecule has 1 unspecified atom stereocenters. The fourth-order valence-electron chi connectivity index (χ4n) is 5.22. The Bertz CT molecular complexity index is 967. The number of hydrogen-bond donors (Lipinski definition) is 3. The minimum Gasteiger partial charge on any atom is -0.477 e. The second-order valence-electron chi connectivity index (χ2n) is 9.01. The van der Waals surface area contributed by atoms with Gasteiger partial charge in [0.15, 0.2) is 5.82 Å². The molecule has 31 heavy (non-hydrogen) atoms. The summed E-state index contributed by atoms with van der Waals surface area (Å²) in [7, 11) is 0. The van der Waals surface area contributed by atoms with E-state index < -0.39 is 0 Å². The number of ether oxygens (including phenoxy) is 1. The van der Waals surface area contributed by atoms with Gasteiger partial charge in [0, 0.05) is 43.4 Å². The molecule has 2 fully saturated rings. The van der Waals surface area contributed by atoms with Crippen molar-refractivity contribution in [1.82, 2.24) is 25.1 Å². The molecular formula is C22H30N8O. The molecule has 4 heterocycles. The number of rotatable bonds is 6. The molecule has 2 bridgehead atoms. The minimum atomic E-state index is 0.362. The molecule has 9 nitrogen and oxygen atoms in total. The lowest BCUT2D eigenvalue weighted by Gasteiger charge is -2.30. The third kappa shape index (κ3) is 4.44. The van der Waals surface area contributed by atoms with Crippen LogP contribution in [-0.4, -0.2) is 56.8 Å². The van der Waals surface area contributed by atoms with E-state index in [1.54, 1.807) is 0 Å². The molecule has 5 rings (SSSR count). The van der Waals surface area contributed by atoms with Gasteiger partial charge < -0.3 is 15.4 Å². The zero-order valence-electron chi connectivity index (χ0n) is 18.0. The molecule has 3 N–H and O–H groups in total. The Morgan fingerprint density at radius 2 is 2.26 bits per heavy atom. The Kier molecular flexibility index (Phi) is 5.64. The maximum Gasteiger partial charge on any atom is 0.233 e. The number of nitrogens with one attached hydrogen (secondary N) is 3. The Hall–Kier alpha value is -2.86. The van der Waals surface area contributed by atoms with Crippen LogP contribution in [0.1, 0.15) is 49.8 Å². The summed E-state index contributed by atoms with van der Waals surface area (Å²) >= 11 is 0. The fourth-order valence-corrected chi connectivity index (χ4v) is 5.22. The molecule has 0 spiro atoms. The van der Waals surface area contributed by atoms with Gasteiger partial charge in [-0.2, -0.15) is 20.3 Å². The van der Waals surface area contributed by atoms with E-state index in [-0.39, 0.29) is 0 Å². The van der Waals surface area contributed by atoms with Crippen molar-refractivity contribution >= 4 is 17.6 Å². The van der Waals surface area contributed by atoms with Gasteiger partial charge in [0.1, 0.15) is 5.82 Å². The zero-order chi connectivity index (χ0) is 21.2. The molecule has 164 valence electrons. The Morgan fingerprint density at radius 1 is 1.32 bits per heavy atom. The van der Waals surface area contributed by atoms with E-state index in [2.05, 4.69) is 36.8 Å². The second-order valence-corrected chi connectivity index (χ2v) is 9.01. The third-order valence-electron chi connectivity index (χ3n) is 6.67. The summed E-state index contributed by atoms with van der Waals surface area (Å²) in [6, 6.07) is 5.14. The van der Waals surface area contributed by atoms with E-state index in [1.165, 1.54) is 12.8 Å². The molecule has 3 atom stereocenters. The normalized spacial score (nSPS) is 25.2. The van der Waals surface area contributed by atoms with Crippen LogP contribution >= 0.6 is 0 Å². The van der Waals surface area contributed by atoms with Crippen molar-refractivity contribution in [2.24, 2.45) is 5.92 Å². The Balaban J connectivity index is 1.35. The van der Waals surface area contributed by atoms with Gasteiger partial charge in [-0.3, -0.25) is 10.00 Å². The summed E-state index contributed by atoms with van der Waals surface area (Å²) in [4.78, 5) is 11.9. The van der Waals surface area contributed by atoms with E-state index in [9.17, 15) is 0 Å². The highest BCUT2D eigenvalue weighted by Crippen LogP contribution is 2.37. The van der Waals surface area contributed by atoms with Gasteiger partial charge >= 0.3 is 0 Å². The van der Waals surface area contributed by atoms with Crippen LogP contribution in [0.15, 0.2) is 6.07 Å². The summed E-state index contributed by atoms with van der Waals surface area (Å²) in [6.45, 7) is 4.68. The molecule has 2 aromatic rings. The van der Waals surface area contributed by atoms with Crippen LogP contribution in [0.3, 0.4) is 0 Å². The van der Waals surface area contributed by atoms with Crippen LogP contribution in [0.2, 0.25) is 0 Å². The number of aryl methyl sites for hydroxylation is 1. The van der Waals surface area contributed by atoms with Crippen molar-refractivity contribution < 1.29 is 4.74 Å². The molecule has 1 saturated carbocycles. The third-order valence-corrected chi connectivity index (χ3v) is 6.67. The van der Waals surface area contributed by atoms with E-state index in [0.29, 0.717) is 42.8 Å². The first-order valence-electron chi connectivity index (χ1n) is 11.4. The van der Waals surface area contributed by atoms with E-state index in [1.807, 2.05) is 13.0 Å². The lowest BCUT2D eigenvalue weighted by molar-refractivity contribution is 0.227. The average Bonchev–Trinajstić information content (AvgIpc) is 3.28. The van der Waals surface area contributed by atoms with Crippen LogP contribution < -0.4 is 15.4 Å². The first kappa shape index (κ1) is 20.1. The second kappa shape index (κ2) is 8.71. The molecule has 0 radical (unpaired) electrons. The van der Waals surface area contributed by atoms with Gasteiger partial charge in [-0.1, -0.05) is 0 Å². The standard InChI is InChI=1S/C22H30N8O/c1-14-10-19(29-28-14)25-22-26-20(18-4-2-9-31-21(18)27-22)24-16-6-5-15-11-17(12-16)30(13-15)8-3-7-23/h10,15-17H,2-6,8-9,11-13H2,1H3,(H3,24,25,26,27,28,29)/t15?,16-,17+/m1/s1. The van der Waals surface area contributed by atoms with Crippen molar-refractivity contribution in [3.63, 3.8) is 0 Å². The summed E-state index contributed by atoms with van der Waals surface area (Å²) in [5.74, 6) is 3.49. The van der Waals surface area contributed by atoms with E-state index in [4.69, 9.17) is 15.0 Å². The van der Waals surface area contributed by atoms with Crippen molar-refractivity contribution in [3.8, 4) is 11.9 Å². The molecule has 3 aliphatic rings. The number of anilines is 3. The summed E-state index contributed by atoms with van der Waals surface area (Å²) in [6.07, 6.45) is 7.22. The maximum atomic E-state index is 8.99. The van der Waals surface area contributed by atoms with Crippen LogP contribution in [0.5, 0.6) is 5.88 Å². The van der Waals surface area contributed by atoms with Crippen LogP contribution in [-0.2, 0) is 6.42 Å². The Labute approximate surface area is 182 Å². The number of aromatic nitrogens is 4. The van der Waals surface area contributed by atoms with Crippen LogP contribution in [0, 0.1) is 24.2 Å². The smallest absolute Gasteiger partial charge is 0.233 e. The molecule has 0 aromatic carbocycles. The minimum absolute atomic E-state index is 0.362. The van der Waals surface area contributed by atoms with Crippen molar-refractivity contribution in [3.05, 3.63) is 17.3 Å². The lowest BCUT2D eigenvalue weighted by Crippen LogP contribution is -2.37. The van der Waals surface area contributed by atoms with Crippen LogP contribution in [0.4, 0.5) is 17.6 Å². The maximum absolute atomic E-state index is 8.99. The molecule has 9 heteroatoms. The number of likely N-dealkylation sites (tertiary alicyclic amines) is 1. The van der Waals surface area contributed by atoms with E-state index >= 15 is 0 Å². The predicted molar refractivity (Wildman–Crippen MR) is 117 cm³/mol. The first-order valence-corrected chi connectivity index (χ1v) is 11.4. The van der Waals surface area contributed by atoms with Gasteiger partial charge in [-0.15, -0.1) is 0 Å². The number of nitriles is 1. The zero-order valence-corrected chi connectivity index (χ0v) is 18.0. The van der Waals surface area contributed by atoms with Crippen LogP contribution in [0.25, 0.3) is 0 Å². The SMILES string of the molecule is Cc1cc(Nc2nc(N[C@@H]3CCC4C[C@@H](C3)N(CCC#N)C4)c3c(n2)OCCC3)n[nH]1. The summed E-state index contributed by atoms with van der Waals surface area (Å²) in [5, 5.41) is 23.1. The molecular weight excluding hydrogens is 392 g/mol. The predicted octanol–water partition coefficient (Wildman–Crippen LogP) is 3.15. The van der Waals surface area contributed by atoms with Gasteiger partial charge in [0.25, 0.3) is 0 Å². The topological polar surface area (TPSA) is 115 Å². The number of aromatic amines is 1. The molecule has 1 aliphatic carbocycles. The van der Waals surface area contributed by atoms with Crippen molar-refractivity contribution in [1.29, 1.82) is 5.26 Å². The quantitative estimate of drug-likeness (QED) is 0.650. The van der Waals surface area contributed by atoms with Gasteiger partial charge in [0.2, 0.25) is 11.8 Å². The average molecular weight is 423 g/mol. The van der Waals surface area contributed by atoms with Gasteiger partial charge in [-0.25, -0.2) is 0 Å². The first-order chi connectivity index (χ1) is 15.2. The largest absolute Gasteiger partial charge is 0.477 e. The van der Waals surface area contributed by atoms with E-state index in [0.717, 1.165) is 61.8 Å². The summed E-state index contributed by atoms with van der Waals surface area (Å²) < 4.78 is 5.87. The van der Waals surface area contributed by atoms with Crippen molar-refractivity contribution in [2.45, 2.75) is 64.0 Å². The lowest BCUT2D eigenvalue weighted by atomic mass is 10.0. The highest BCUT2D eigenvalue weighted by molar-refractivity contribution is 5.58. The fraction of sp³-hybridized carbons (Fsp3) is 0.636. The monoisotopic (exact) mass is 422 g/mol. The number of H-pyrrole nitrogens is 1. The van der Waals surface area contributed by atoms with Crippen molar-refractivity contribution in [2.75, 3.05) is 30.3 Å². The number of fused-ring (bicyclic) bond motifs is 3. The number of nitrogens with zero attached hydrogens (tertiary/aromatic N) is 5. The molecule has 2 aliphatic heterocycles. The highest BCUT2D eigenvalue weighted by atomic mass is 16.5. The molecule has 0 amide bonds. The summed E-state index contributed by atoms with van der Waals surface area (Å²) in [5.41, 5.74) is 2.05. The number of hydrogen-bond acceptors (Lipinski definition) is 8. The molecule has 1 saturated heterocycles. The molecule has 2 aromatic heterocycles.